The lowest BCUT2D eigenvalue weighted by atomic mass is 10.2. The average Bonchev–Trinajstić information content (AvgIpc) is 2.38. The van der Waals surface area contributed by atoms with Crippen molar-refractivity contribution in [3.63, 3.8) is 0 Å². The minimum atomic E-state index is -0.660. The van der Waals surface area contributed by atoms with Gasteiger partial charge in [0, 0.05) is 6.54 Å². The van der Waals surface area contributed by atoms with Crippen molar-refractivity contribution in [1.29, 1.82) is 0 Å². The summed E-state index contributed by atoms with van der Waals surface area (Å²) in [6.07, 6.45) is -0.660. The highest BCUT2D eigenvalue weighted by atomic mass is 16.6. The van der Waals surface area contributed by atoms with Gasteiger partial charge in [-0.05, 0) is 12.5 Å². The van der Waals surface area contributed by atoms with Crippen molar-refractivity contribution >= 4 is 12.0 Å². The van der Waals surface area contributed by atoms with Crippen LogP contribution in [0.15, 0.2) is 30.3 Å². The predicted molar refractivity (Wildman–Crippen MR) is 63.1 cm³/mol. The van der Waals surface area contributed by atoms with E-state index in [9.17, 15) is 9.59 Å². The van der Waals surface area contributed by atoms with Gasteiger partial charge >= 0.3 is 6.09 Å². The quantitative estimate of drug-likeness (QED) is 0.850. The number of nitrogens with zero attached hydrogens (tertiary/aromatic N) is 1. The molecule has 2 amide bonds. The lowest BCUT2D eigenvalue weighted by Crippen LogP contribution is -2.40. The third-order valence-corrected chi connectivity index (χ3v) is 2.22. The topological polar surface area (TPSA) is 72.6 Å². The smallest absolute Gasteiger partial charge is 0.416 e. The van der Waals surface area contributed by atoms with Crippen molar-refractivity contribution in [2.45, 2.75) is 13.5 Å². The van der Waals surface area contributed by atoms with Crippen LogP contribution in [0.2, 0.25) is 0 Å². The van der Waals surface area contributed by atoms with Crippen LogP contribution < -0.4 is 5.73 Å². The van der Waals surface area contributed by atoms with Gasteiger partial charge < -0.3 is 10.5 Å². The second kappa shape index (κ2) is 6.65. The van der Waals surface area contributed by atoms with Crippen molar-refractivity contribution < 1.29 is 14.3 Å². The molecular formula is C12H16N2O3. The highest BCUT2D eigenvalue weighted by Crippen LogP contribution is 2.03. The molecule has 1 aromatic carbocycles. The SMILES string of the molecule is CCN(C(=O)CN)C(=O)OCc1ccccc1. The fourth-order valence-electron chi connectivity index (χ4n) is 1.31. The van der Waals surface area contributed by atoms with Crippen LogP contribution in [0.25, 0.3) is 0 Å². The molecule has 0 aliphatic heterocycles. The molecule has 0 radical (unpaired) electrons. The molecule has 0 saturated heterocycles. The molecule has 0 atom stereocenters. The lowest BCUT2D eigenvalue weighted by Gasteiger charge is -2.17. The molecule has 5 heteroatoms. The number of amides is 2. The lowest BCUT2D eigenvalue weighted by molar-refractivity contribution is -0.127. The summed E-state index contributed by atoms with van der Waals surface area (Å²) >= 11 is 0. The zero-order valence-corrected chi connectivity index (χ0v) is 9.76. The van der Waals surface area contributed by atoms with Crippen LogP contribution in [0.3, 0.4) is 0 Å². The number of rotatable bonds is 4. The molecule has 1 aromatic rings. The first-order valence-corrected chi connectivity index (χ1v) is 5.40. The molecule has 0 aromatic heterocycles. The molecule has 0 unspecified atom stereocenters. The molecule has 0 aliphatic carbocycles. The van der Waals surface area contributed by atoms with Crippen molar-refractivity contribution in [3.05, 3.63) is 35.9 Å². The maximum atomic E-state index is 11.6. The van der Waals surface area contributed by atoms with E-state index in [1.165, 1.54) is 0 Å². The molecule has 0 saturated carbocycles. The van der Waals surface area contributed by atoms with Crippen molar-refractivity contribution in [2.24, 2.45) is 5.73 Å². The van der Waals surface area contributed by atoms with Crippen LogP contribution in [-0.4, -0.2) is 30.0 Å². The number of carbonyl (C=O) groups is 2. The highest BCUT2D eigenvalue weighted by Gasteiger charge is 2.19. The standard InChI is InChI=1S/C12H16N2O3/c1-2-14(11(15)8-13)12(16)17-9-10-6-4-3-5-7-10/h3-7H,2,8-9,13H2,1H3. The summed E-state index contributed by atoms with van der Waals surface area (Å²) in [6, 6.07) is 9.27. The minimum Gasteiger partial charge on any atom is -0.444 e. The monoisotopic (exact) mass is 236 g/mol. The Morgan fingerprint density at radius 1 is 1.29 bits per heavy atom. The van der Waals surface area contributed by atoms with Crippen LogP contribution in [0.1, 0.15) is 12.5 Å². The summed E-state index contributed by atoms with van der Waals surface area (Å²) < 4.78 is 5.01. The highest BCUT2D eigenvalue weighted by molar-refractivity contribution is 5.92. The van der Waals surface area contributed by atoms with Gasteiger partial charge in [0.05, 0.1) is 6.54 Å². The predicted octanol–water partition coefficient (Wildman–Crippen LogP) is 1.13. The van der Waals surface area contributed by atoms with Gasteiger partial charge in [0.15, 0.2) is 0 Å². The van der Waals surface area contributed by atoms with Gasteiger partial charge in [0.1, 0.15) is 6.61 Å². The summed E-state index contributed by atoms with van der Waals surface area (Å²) in [5.74, 6) is -0.439. The Labute approximate surface area is 100 Å². The fraction of sp³-hybridized carbons (Fsp3) is 0.333. The minimum absolute atomic E-state index is 0.147. The van der Waals surface area contributed by atoms with Crippen LogP contribution >= 0.6 is 0 Å². The van der Waals surface area contributed by atoms with Crippen LogP contribution in [0.5, 0.6) is 0 Å². The number of ether oxygens (including phenoxy) is 1. The van der Waals surface area contributed by atoms with Crippen LogP contribution in [0, 0.1) is 0 Å². The molecular weight excluding hydrogens is 220 g/mol. The number of hydrogen-bond acceptors (Lipinski definition) is 4. The largest absolute Gasteiger partial charge is 0.444 e. The van der Waals surface area contributed by atoms with E-state index in [0.29, 0.717) is 0 Å². The second-order valence-corrected chi connectivity index (χ2v) is 3.38. The van der Waals surface area contributed by atoms with Crippen molar-refractivity contribution in [1.82, 2.24) is 4.90 Å². The number of likely N-dealkylation sites (N-methyl/N-ethyl adjacent to an activating group) is 1. The Balaban J connectivity index is 2.51. The van der Waals surface area contributed by atoms with Gasteiger partial charge in [-0.25, -0.2) is 9.69 Å². The normalized spacial score (nSPS) is 9.76. The molecule has 0 heterocycles. The third kappa shape index (κ3) is 3.88. The van der Waals surface area contributed by atoms with E-state index in [2.05, 4.69) is 0 Å². The summed E-state index contributed by atoms with van der Waals surface area (Å²) in [5, 5.41) is 0. The van der Waals surface area contributed by atoms with E-state index < -0.39 is 12.0 Å². The first kappa shape index (κ1) is 13.2. The van der Waals surface area contributed by atoms with Crippen LogP contribution in [-0.2, 0) is 16.1 Å². The number of nitrogens with two attached hydrogens (primary N) is 1. The molecule has 17 heavy (non-hydrogen) atoms. The number of hydrogen-bond donors (Lipinski definition) is 1. The summed E-state index contributed by atoms with van der Waals surface area (Å²) in [7, 11) is 0. The Bertz CT molecular complexity index is 379. The Morgan fingerprint density at radius 2 is 1.94 bits per heavy atom. The maximum Gasteiger partial charge on any atom is 0.416 e. The van der Waals surface area contributed by atoms with E-state index in [-0.39, 0.29) is 19.7 Å². The molecule has 0 bridgehead atoms. The van der Waals surface area contributed by atoms with E-state index in [0.717, 1.165) is 10.5 Å². The Kier molecular flexibility index (Phi) is 5.16. The maximum absolute atomic E-state index is 11.6. The van der Waals surface area contributed by atoms with Gasteiger partial charge in [-0.2, -0.15) is 0 Å². The fourth-order valence-corrected chi connectivity index (χ4v) is 1.31. The third-order valence-electron chi connectivity index (χ3n) is 2.22. The molecule has 2 N–H and O–H groups in total. The van der Waals surface area contributed by atoms with E-state index in [4.69, 9.17) is 10.5 Å². The molecule has 0 aliphatic rings. The number of carbonyl (C=O) groups excluding carboxylic acids is 2. The molecule has 0 spiro atoms. The van der Waals surface area contributed by atoms with Crippen molar-refractivity contribution in [2.75, 3.05) is 13.1 Å². The van der Waals surface area contributed by atoms with E-state index in [1.54, 1.807) is 6.92 Å². The molecule has 1 rings (SSSR count). The zero-order chi connectivity index (χ0) is 12.7. The number of imide groups is 1. The van der Waals surface area contributed by atoms with Gasteiger partial charge in [0.2, 0.25) is 5.91 Å². The zero-order valence-electron chi connectivity index (χ0n) is 9.76. The number of benzene rings is 1. The summed E-state index contributed by atoms with van der Waals surface area (Å²) in [5.41, 5.74) is 6.07. The van der Waals surface area contributed by atoms with Gasteiger partial charge in [-0.15, -0.1) is 0 Å². The molecule has 92 valence electrons. The first-order valence-electron chi connectivity index (χ1n) is 5.40. The van der Waals surface area contributed by atoms with Crippen LogP contribution in [0.4, 0.5) is 4.79 Å². The van der Waals surface area contributed by atoms with E-state index in [1.807, 2.05) is 30.3 Å². The van der Waals surface area contributed by atoms with Gasteiger partial charge in [0.25, 0.3) is 0 Å². The summed E-state index contributed by atoms with van der Waals surface area (Å²) in [4.78, 5) is 23.9. The second-order valence-electron chi connectivity index (χ2n) is 3.38. The molecule has 5 nitrogen and oxygen atoms in total. The van der Waals surface area contributed by atoms with Gasteiger partial charge in [-0.3, -0.25) is 4.79 Å². The molecule has 0 fully saturated rings. The Morgan fingerprint density at radius 3 is 2.47 bits per heavy atom. The summed E-state index contributed by atoms with van der Waals surface area (Å²) in [6.45, 7) is 1.89. The van der Waals surface area contributed by atoms with Crippen molar-refractivity contribution in [3.8, 4) is 0 Å². The average molecular weight is 236 g/mol. The Hall–Kier alpha value is -1.88. The van der Waals surface area contributed by atoms with E-state index >= 15 is 0 Å². The first-order chi connectivity index (χ1) is 8.19. The van der Waals surface area contributed by atoms with Gasteiger partial charge in [-0.1, -0.05) is 30.3 Å².